The van der Waals surface area contributed by atoms with E-state index in [1.165, 1.54) is 18.1 Å². The van der Waals surface area contributed by atoms with Crippen LogP contribution in [0.15, 0.2) is 59.2 Å². The minimum Gasteiger partial charge on any atom is -0.293 e. The Morgan fingerprint density at radius 1 is 0.892 bits per heavy atom. The quantitative estimate of drug-likeness (QED) is 0.278. The van der Waals surface area contributed by atoms with Crippen molar-refractivity contribution < 1.29 is 9.18 Å². The van der Waals surface area contributed by atoms with Gasteiger partial charge in [-0.05, 0) is 61.4 Å². The van der Waals surface area contributed by atoms with Gasteiger partial charge in [0.2, 0.25) is 0 Å². The standard InChI is InChI=1S/C17H19F.C7H11NO.C4H10.3C2H6/c1-3-6-14-7-5-8-15(11-14)16-12-13(4-2)9-10-17(16)18;1-4-7(6(3)9)8-5-2;1-4(2)3;3*1-2/h5,7-12H,3-4,6H2,1-2H3;4-5H,1-3H3;4H,1-3H3;3*1-2H3/b;7-4-,8-5?;;;;. The zero-order valence-electron chi connectivity index (χ0n) is 26.6. The molecule has 0 aromatic heterocycles. The first-order valence-corrected chi connectivity index (χ1v) is 14.2. The number of hydrogen-bond acceptors (Lipinski definition) is 2. The maximum atomic E-state index is 13.9. The number of aliphatic imine (C=N–C) groups is 1. The van der Waals surface area contributed by atoms with Gasteiger partial charge in [-0.2, -0.15) is 0 Å². The van der Waals surface area contributed by atoms with Gasteiger partial charge in [-0.25, -0.2) is 4.39 Å². The zero-order valence-corrected chi connectivity index (χ0v) is 26.6. The topological polar surface area (TPSA) is 29.4 Å². The SMILES string of the molecule is CC.CC.CC.CC(C)C.CC=N/C(=C\C)C(C)=O.CCCc1cccc(-c2cc(CC)ccc2F)c1. The Hall–Kier alpha value is -2.55. The molecule has 2 nitrogen and oxygen atoms in total. The van der Waals surface area contributed by atoms with E-state index in [-0.39, 0.29) is 11.6 Å². The number of carbonyl (C=O) groups excluding carboxylic acids is 1. The molecule has 0 amide bonds. The van der Waals surface area contributed by atoms with Crippen molar-refractivity contribution in [1.82, 2.24) is 0 Å². The predicted molar refractivity (Wildman–Crippen MR) is 168 cm³/mol. The molecule has 2 aromatic carbocycles. The van der Waals surface area contributed by atoms with Crippen molar-refractivity contribution in [3.05, 3.63) is 71.2 Å². The van der Waals surface area contributed by atoms with Crippen molar-refractivity contribution in [2.75, 3.05) is 0 Å². The second kappa shape index (κ2) is 29.7. The minimum absolute atomic E-state index is 0.00981. The fraction of sp³-hybridized carbons (Fsp3) is 0.529. The lowest BCUT2D eigenvalue weighted by Gasteiger charge is -2.08. The van der Waals surface area contributed by atoms with Crippen LogP contribution in [0.2, 0.25) is 0 Å². The van der Waals surface area contributed by atoms with Gasteiger partial charge in [-0.1, -0.05) is 119 Å². The summed E-state index contributed by atoms with van der Waals surface area (Å²) < 4.78 is 13.9. The average Bonchev–Trinajstić information content (AvgIpc) is 2.91. The first kappa shape index (κ1) is 41.6. The molecule has 0 atom stereocenters. The molecule has 0 fully saturated rings. The molecule has 0 radical (unpaired) electrons. The Morgan fingerprint density at radius 3 is 1.81 bits per heavy atom. The van der Waals surface area contributed by atoms with Gasteiger partial charge in [-0.15, -0.1) is 0 Å². The van der Waals surface area contributed by atoms with Crippen LogP contribution in [0.4, 0.5) is 4.39 Å². The third-order valence-corrected chi connectivity index (χ3v) is 4.12. The van der Waals surface area contributed by atoms with Crippen LogP contribution in [0.25, 0.3) is 11.1 Å². The molecular weight excluding hydrogens is 457 g/mol. The predicted octanol–water partition coefficient (Wildman–Crippen LogP) is 11.3. The number of Topliss-reactive ketones (excluding diaryl/α,β-unsaturated/α-hetero) is 1. The van der Waals surface area contributed by atoms with Crippen LogP contribution < -0.4 is 0 Å². The molecule has 0 aliphatic rings. The highest BCUT2D eigenvalue weighted by molar-refractivity contribution is 5.94. The molecule has 0 spiro atoms. The molecule has 37 heavy (non-hydrogen) atoms. The number of carbonyl (C=O) groups is 1. The third-order valence-electron chi connectivity index (χ3n) is 4.12. The Morgan fingerprint density at radius 2 is 1.43 bits per heavy atom. The number of nitrogens with zero attached hydrogens (tertiary/aromatic N) is 1. The summed E-state index contributed by atoms with van der Waals surface area (Å²) >= 11 is 0. The van der Waals surface area contributed by atoms with Gasteiger partial charge >= 0.3 is 0 Å². The third kappa shape index (κ3) is 22.4. The summed E-state index contributed by atoms with van der Waals surface area (Å²) in [4.78, 5) is 14.4. The van der Waals surface area contributed by atoms with E-state index in [1.807, 2.05) is 65.8 Å². The number of rotatable bonds is 6. The summed E-state index contributed by atoms with van der Waals surface area (Å²) in [6.07, 6.45) is 6.39. The number of aryl methyl sites for hydroxylation is 2. The van der Waals surface area contributed by atoms with Gasteiger partial charge < -0.3 is 0 Å². The first-order valence-electron chi connectivity index (χ1n) is 14.2. The molecule has 0 saturated heterocycles. The fourth-order valence-electron chi connectivity index (χ4n) is 2.70. The summed E-state index contributed by atoms with van der Waals surface area (Å²) in [5, 5.41) is 0. The van der Waals surface area contributed by atoms with Gasteiger partial charge in [0, 0.05) is 18.7 Å². The summed E-state index contributed by atoms with van der Waals surface area (Å²) in [5.41, 5.74) is 4.67. The van der Waals surface area contributed by atoms with Gasteiger partial charge in [-0.3, -0.25) is 9.79 Å². The minimum atomic E-state index is -0.138. The van der Waals surface area contributed by atoms with Crippen LogP contribution >= 0.6 is 0 Å². The average molecular weight is 516 g/mol. The number of ketones is 1. The second-order valence-corrected chi connectivity index (χ2v) is 7.97. The summed E-state index contributed by atoms with van der Waals surface area (Å²) in [7, 11) is 0. The van der Waals surface area contributed by atoms with Crippen LogP contribution in [-0.2, 0) is 17.6 Å². The van der Waals surface area contributed by atoms with E-state index in [0.29, 0.717) is 11.3 Å². The van der Waals surface area contributed by atoms with Gasteiger partial charge in [0.15, 0.2) is 5.78 Å². The van der Waals surface area contributed by atoms with E-state index in [1.54, 1.807) is 32.2 Å². The van der Waals surface area contributed by atoms with Crippen molar-refractivity contribution in [3.8, 4) is 11.1 Å². The second-order valence-electron chi connectivity index (χ2n) is 7.97. The monoisotopic (exact) mass is 515 g/mol. The highest BCUT2D eigenvalue weighted by Crippen LogP contribution is 2.25. The first-order chi connectivity index (χ1) is 17.7. The zero-order chi connectivity index (χ0) is 29.8. The van der Waals surface area contributed by atoms with E-state index >= 15 is 0 Å². The lowest BCUT2D eigenvalue weighted by Crippen LogP contribution is -1.91. The Kier molecular flexibility index (Phi) is 33.3. The molecule has 0 N–H and O–H groups in total. The van der Waals surface area contributed by atoms with E-state index in [4.69, 9.17) is 0 Å². The van der Waals surface area contributed by atoms with Crippen LogP contribution in [0.5, 0.6) is 0 Å². The van der Waals surface area contributed by atoms with Crippen LogP contribution in [0.3, 0.4) is 0 Å². The number of benzene rings is 2. The smallest absolute Gasteiger partial charge is 0.177 e. The number of allylic oxidation sites excluding steroid dienone is 2. The van der Waals surface area contributed by atoms with Crippen molar-refractivity contribution in [3.63, 3.8) is 0 Å². The summed E-state index contributed by atoms with van der Waals surface area (Å²) in [6, 6.07) is 13.6. The summed E-state index contributed by atoms with van der Waals surface area (Å²) in [6.45, 7) is 27.8. The highest BCUT2D eigenvalue weighted by Gasteiger charge is 2.06. The van der Waals surface area contributed by atoms with E-state index in [9.17, 15) is 9.18 Å². The maximum Gasteiger partial charge on any atom is 0.177 e. The summed E-state index contributed by atoms with van der Waals surface area (Å²) in [5.74, 6) is 0.705. The van der Waals surface area contributed by atoms with Gasteiger partial charge in [0.25, 0.3) is 0 Å². The van der Waals surface area contributed by atoms with Crippen LogP contribution in [0, 0.1) is 11.7 Å². The fourth-order valence-corrected chi connectivity index (χ4v) is 2.70. The van der Waals surface area contributed by atoms with Crippen molar-refractivity contribution in [1.29, 1.82) is 0 Å². The van der Waals surface area contributed by atoms with E-state index in [2.05, 4.69) is 51.7 Å². The van der Waals surface area contributed by atoms with Crippen LogP contribution in [-0.4, -0.2) is 12.0 Å². The molecule has 0 aliphatic heterocycles. The Balaban J connectivity index is -0.000000241. The molecule has 212 valence electrons. The number of hydrogen-bond donors (Lipinski definition) is 0. The van der Waals surface area contributed by atoms with E-state index < -0.39 is 0 Å². The lowest BCUT2D eigenvalue weighted by molar-refractivity contribution is -0.113. The largest absolute Gasteiger partial charge is 0.293 e. The van der Waals surface area contributed by atoms with Crippen LogP contribution in [0.1, 0.15) is 114 Å². The van der Waals surface area contributed by atoms with Crippen molar-refractivity contribution >= 4 is 12.0 Å². The molecule has 0 heterocycles. The normalized spacial score (nSPS) is 9.68. The molecule has 0 bridgehead atoms. The number of halogens is 1. The highest BCUT2D eigenvalue weighted by atomic mass is 19.1. The van der Waals surface area contributed by atoms with Crippen molar-refractivity contribution in [2.45, 2.75) is 116 Å². The molecule has 3 heteroatoms. The van der Waals surface area contributed by atoms with Gasteiger partial charge in [0.1, 0.15) is 11.5 Å². The molecule has 2 rings (SSSR count). The van der Waals surface area contributed by atoms with Gasteiger partial charge in [0.05, 0.1) is 0 Å². The molecule has 0 saturated carbocycles. The Bertz CT molecular complexity index is 848. The molecule has 0 aliphatic carbocycles. The maximum absolute atomic E-state index is 13.9. The Labute approximate surface area is 230 Å². The lowest BCUT2D eigenvalue weighted by atomic mass is 9.98. The molecule has 0 unspecified atom stereocenters. The van der Waals surface area contributed by atoms with E-state index in [0.717, 1.165) is 30.7 Å². The molecular formula is C34H58FNO. The van der Waals surface area contributed by atoms with Crippen molar-refractivity contribution in [2.24, 2.45) is 10.9 Å². The molecule has 2 aromatic rings.